The van der Waals surface area contributed by atoms with Crippen LogP contribution in [0.25, 0.3) is 0 Å². The lowest BCUT2D eigenvalue weighted by Gasteiger charge is -2.10. The fourth-order valence-electron chi connectivity index (χ4n) is 2.65. The first-order chi connectivity index (χ1) is 9.35. The van der Waals surface area contributed by atoms with Crippen molar-refractivity contribution >= 4 is 11.8 Å². The Bertz CT molecular complexity index is 488. The maximum Gasteiger partial charge on any atom is 0.0963 e. The molecule has 0 saturated heterocycles. The number of nitrogens with zero attached hydrogens (tertiary/aromatic N) is 1. The van der Waals surface area contributed by atoms with Crippen LogP contribution in [0.3, 0.4) is 0 Å². The van der Waals surface area contributed by atoms with E-state index in [0.29, 0.717) is 6.04 Å². The fourth-order valence-corrected chi connectivity index (χ4v) is 3.63. The highest BCUT2D eigenvalue weighted by molar-refractivity contribution is 7.99. The van der Waals surface area contributed by atoms with Gasteiger partial charge in [-0.05, 0) is 61.8 Å². The Morgan fingerprint density at radius 2 is 2.16 bits per heavy atom. The highest BCUT2D eigenvalue weighted by atomic mass is 32.2. The van der Waals surface area contributed by atoms with Gasteiger partial charge < -0.3 is 0 Å². The van der Waals surface area contributed by atoms with Crippen molar-refractivity contribution in [3.8, 4) is 6.07 Å². The Morgan fingerprint density at radius 1 is 1.32 bits per heavy atom. The van der Waals surface area contributed by atoms with Crippen molar-refractivity contribution < 1.29 is 0 Å². The molecule has 1 unspecified atom stereocenters. The van der Waals surface area contributed by atoms with Crippen LogP contribution in [0.5, 0.6) is 0 Å². The molecule has 1 N–H and O–H groups in total. The van der Waals surface area contributed by atoms with Gasteiger partial charge in [-0.1, -0.05) is 6.07 Å². The van der Waals surface area contributed by atoms with Crippen LogP contribution in [0, 0.1) is 11.3 Å². The Hall–Kier alpha value is -0.980. The summed E-state index contributed by atoms with van der Waals surface area (Å²) in [7, 11) is 0. The van der Waals surface area contributed by atoms with Crippen LogP contribution in [0.2, 0.25) is 0 Å². The smallest absolute Gasteiger partial charge is 0.0963 e. The molecule has 0 spiro atoms. The molecule has 3 heteroatoms. The van der Waals surface area contributed by atoms with E-state index in [1.54, 1.807) is 0 Å². The van der Waals surface area contributed by atoms with Gasteiger partial charge >= 0.3 is 0 Å². The predicted molar refractivity (Wildman–Crippen MR) is 79.4 cm³/mol. The second-order valence-electron chi connectivity index (χ2n) is 5.54. The Morgan fingerprint density at radius 3 is 2.95 bits per heavy atom. The summed E-state index contributed by atoms with van der Waals surface area (Å²) in [6.45, 7) is 0. The van der Waals surface area contributed by atoms with Crippen molar-refractivity contribution in [3.63, 3.8) is 0 Å². The van der Waals surface area contributed by atoms with Gasteiger partial charge in [-0.25, -0.2) is 0 Å². The highest BCUT2D eigenvalue weighted by Crippen LogP contribution is 2.28. The molecule has 0 radical (unpaired) electrons. The van der Waals surface area contributed by atoms with Gasteiger partial charge in [0.2, 0.25) is 0 Å². The van der Waals surface area contributed by atoms with Gasteiger partial charge in [0.15, 0.2) is 0 Å². The molecule has 1 saturated carbocycles. The Kier molecular flexibility index (Phi) is 4.10. The third-order valence-electron chi connectivity index (χ3n) is 3.92. The summed E-state index contributed by atoms with van der Waals surface area (Å²) >= 11 is 1.89. The van der Waals surface area contributed by atoms with E-state index >= 15 is 0 Å². The van der Waals surface area contributed by atoms with Crippen LogP contribution < -0.4 is 5.32 Å². The first-order valence-corrected chi connectivity index (χ1v) is 8.24. The third kappa shape index (κ3) is 3.52. The topological polar surface area (TPSA) is 35.8 Å². The number of nitrogens with one attached hydrogen (secondary N) is 1. The summed E-state index contributed by atoms with van der Waals surface area (Å²) in [6.07, 6.45) is 7.24. The number of thioether (sulfide) groups is 1. The molecule has 2 aliphatic carbocycles. The van der Waals surface area contributed by atoms with Gasteiger partial charge in [0.05, 0.1) is 12.1 Å². The van der Waals surface area contributed by atoms with Gasteiger partial charge in [-0.2, -0.15) is 5.26 Å². The van der Waals surface area contributed by atoms with Crippen LogP contribution in [-0.4, -0.2) is 17.8 Å². The van der Waals surface area contributed by atoms with Crippen LogP contribution in [0.4, 0.5) is 0 Å². The number of aryl methyl sites for hydroxylation is 2. The molecule has 19 heavy (non-hydrogen) atoms. The molecule has 1 fully saturated rings. The van der Waals surface area contributed by atoms with E-state index in [1.807, 2.05) is 11.8 Å². The molecule has 0 aliphatic heterocycles. The van der Waals surface area contributed by atoms with Crippen molar-refractivity contribution in [2.75, 3.05) is 5.75 Å². The van der Waals surface area contributed by atoms with E-state index in [0.717, 1.165) is 12.2 Å². The number of fused-ring (bicyclic) bond motifs is 1. The molecule has 0 bridgehead atoms. The van der Waals surface area contributed by atoms with Gasteiger partial charge in [0.1, 0.15) is 0 Å². The van der Waals surface area contributed by atoms with Gasteiger partial charge in [-0.3, -0.25) is 5.32 Å². The highest BCUT2D eigenvalue weighted by Gasteiger charge is 2.24. The monoisotopic (exact) mass is 272 g/mol. The molecule has 100 valence electrons. The van der Waals surface area contributed by atoms with Crippen LogP contribution >= 0.6 is 11.8 Å². The van der Waals surface area contributed by atoms with Crippen molar-refractivity contribution in [1.29, 1.82) is 5.26 Å². The van der Waals surface area contributed by atoms with E-state index < -0.39 is 0 Å². The summed E-state index contributed by atoms with van der Waals surface area (Å²) in [5, 5.41) is 12.5. The van der Waals surface area contributed by atoms with Crippen molar-refractivity contribution in [3.05, 3.63) is 29.3 Å². The zero-order valence-corrected chi connectivity index (χ0v) is 12.0. The first kappa shape index (κ1) is 13.0. The first-order valence-electron chi connectivity index (χ1n) is 7.25. The zero-order valence-electron chi connectivity index (χ0n) is 11.2. The minimum Gasteiger partial charge on any atom is -0.299 e. The van der Waals surface area contributed by atoms with E-state index in [1.165, 1.54) is 48.1 Å². The summed E-state index contributed by atoms with van der Waals surface area (Å²) in [5.74, 6) is 1.02. The molecule has 1 aromatic carbocycles. The standard InChI is InChI=1S/C16H20N2S/c17-11-15(18-14-5-6-14)8-9-19-16-7-4-12-2-1-3-13(12)10-16/h4,7,10,14-15,18H,1-3,5-6,8-9H2. The van der Waals surface area contributed by atoms with Crippen LogP contribution in [-0.2, 0) is 12.8 Å². The zero-order chi connectivity index (χ0) is 13.1. The molecule has 3 rings (SSSR count). The lowest BCUT2D eigenvalue weighted by Crippen LogP contribution is -2.29. The summed E-state index contributed by atoms with van der Waals surface area (Å²) in [6, 6.07) is 9.91. The number of nitriles is 1. The molecular formula is C16H20N2S. The Labute approximate surface area is 119 Å². The van der Waals surface area contributed by atoms with Crippen molar-refractivity contribution in [2.24, 2.45) is 0 Å². The van der Waals surface area contributed by atoms with E-state index in [4.69, 9.17) is 5.26 Å². The predicted octanol–water partition coefficient (Wildman–Crippen LogP) is 3.30. The maximum atomic E-state index is 9.10. The molecule has 0 aromatic heterocycles. The molecule has 2 aliphatic rings. The average Bonchev–Trinajstić information content (AvgIpc) is 3.12. The summed E-state index contributed by atoms with van der Waals surface area (Å²) in [5.41, 5.74) is 3.08. The van der Waals surface area contributed by atoms with Crippen molar-refractivity contribution in [2.45, 2.75) is 55.5 Å². The SMILES string of the molecule is N#CC(CCSc1ccc2c(c1)CCC2)NC1CC1. The van der Waals surface area contributed by atoms with E-state index in [2.05, 4.69) is 29.6 Å². The third-order valence-corrected chi connectivity index (χ3v) is 4.94. The average molecular weight is 272 g/mol. The molecule has 0 amide bonds. The van der Waals surface area contributed by atoms with E-state index in [-0.39, 0.29) is 6.04 Å². The molecule has 0 heterocycles. The van der Waals surface area contributed by atoms with Gasteiger partial charge in [0, 0.05) is 16.7 Å². The second kappa shape index (κ2) is 5.98. The summed E-state index contributed by atoms with van der Waals surface area (Å²) in [4.78, 5) is 1.36. The molecular weight excluding hydrogens is 252 g/mol. The lowest BCUT2D eigenvalue weighted by atomic mass is 10.1. The Balaban J connectivity index is 1.47. The summed E-state index contributed by atoms with van der Waals surface area (Å²) < 4.78 is 0. The molecule has 2 nitrogen and oxygen atoms in total. The van der Waals surface area contributed by atoms with Crippen molar-refractivity contribution in [1.82, 2.24) is 5.32 Å². The number of benzene rings is 1. The minimum absolute atomic E-state index is 0.0365. The fraction of sp³-hybridized carbons (Fsp3) is 0.562. The number of hydrogen-bond acceptors (Lipinski definition) is 3. The van der Waals surface area contributed by atoms with Gasteiger partial charge in [0.25, 0.3) is 0 Å². The number of hydrogen-bond donors (Lipinski definition) is 1. The van der Waals surface area contributed by atoms with Crippen LogP contribution in [0.1, 0.15) is 36.8 Å². The van der Waals surface area contributed by atoms with E-state index in [9.17, 15) is 0 Å². The quantitative estimate of drug-likeness (QED) is 0.807. The largest absolute Gasteiger partial charge is 0.299 e. The normalized spacial score (nSPS) is 18.9. The number of rotatable bonds is 6. The van der Waals surface area contributed by atoms with Crippen LogP contribution in [0.15, 0.2) is 23.1 Å². The molecule has 1 aromatic rings. The second-order valence-corrected chi connectivity index (χ2v) is 6.71. The maximum absolute atomic E-state index is 9.10. The lowest BCUT2D eigenvalue weighted by molar-refractivity contribution is 0.587. The molecule has 1 atom stereocenters. The minimum atomic E-state index is 0.0365. The van der Waals surface area contributed by atoms with Gasteiger partial charge in [-0.15, -0.1) is 11.8 Å².